The summed E-state index contributed by atoms with van der Waals surface area (Å²) in [6.07, 6.45) is -0.617. The van der Waals surface area contributed by atoms with Crippen LogP contribution in [0.3, 0.4) is 0 Å². The van der Waals surface area contributed by atoms with E-state index < -0.39 is 40.3 Å². The second kappa shape index (κ2) is 7.99. The third kappa shape index (κ3) is 4.59. The van der Waals surface area contributed by atoms with E-state index in [0.29, 0.717) is 12.1 Å². The predicted molar refractivity (Wildman–Crippen MR) is 93.9 cm³/mol. The molecule has 0 aliphatic rings. The Morgan fingerprint density at radius 3 is 2.55 bits per heavy atom. The Kier molecular flexibility index (Phi) is 5.64. The molecule has 0 saturated heterocycles. The molecule has 8 nitrogen and oxygen atoms in total. The summed E-state index contributed by atoms with van der Waals surface area (Å²) in [6, 6.07) is 0.772. The first-order valence-electron chi connectivity index (χ1n) is 7.98. The number of nitrogens with zero attached hydrogens (tertiary/aromatic N) is 5. The van der Waals surface area contributed by atoms with Gasteiger partial charge in [0.1, 0.15) is 12.1 Å². The summed E-state index contributed by atoms with van der Waals surface area (Å²) in [7, 11) is 0. The minimum atomic E-state index is -4.81. The van der Waals surface area contributed by atoms with Gasteiger partial charge in [-0.05, 0) is 25.1 Å². The van der Waals surface area contributed by atoms with Crippen molar-refractivity contribution in [1.29, 1.82) is 0 Å². The van der Waals surface area contributed by atoms with E-state index in [1.54, 1.807) is 13.0 Å². The van der Waals surface area contributed by atoms with Gasteiger partial charge < -0.3 is 10.6 Å². The third-order valence-corrected chi connectivity index (χ3v) is 3.97. The molecule has 2 aromatic heterocycles. The highest BCUT2D eigenvalue weighted by molar-refractivity contribution is 6.31. The Labute approximate surface area is 165 Å². The molecular weight excluding hydrogens is 418 g/mol. The maximum Gasteiger partial charge on any atom is 0.417 e. The number of halogens is 5. The molecule has 13 heteroatoms. The van der Waals surface area contributed by atoms with Crippen LogP contribution in [0.15, 0.2) is 36.9 Å². The molecular formula is C16H12ClF4N7O. The zero-order chi connectivity index (χ0) is 21.2. The lowest BCUT2D eigenvalue weighted by atomic mass is 10.2. The number of hydrogen-bond acceptors (Lipinski definition) is 5. The fraction of sp³-hybridized carbons (Fsp3) is 0.188. The highest BCUT2D eigenvalue weighted by Gasteiger charge is 2.34. The Hall–Kier alpha value is -3.28. The Bertz CT molecular complexity index is 1030. The van der Waals surface area contributed by atoms with E-state index >= 15 is 0 Å². The van der Waals surface area contributed by atoms with Gasteiger partial charge in [0, 0.05) is 12.4 Å². The molecule has 0 bridgehead atoms. The van der Waals surface area contributed by atoms with Crippen molar-refractivity contribution in [3.05, 3.63) is 59.1 Å². The second-order valence-corrected chi connectivity index (χ2v) is 6.12. The van der Waals surface area contributed by atoms with Crippen molar-refractivity contribution < 1.29 is 22.4 Å². The summed E-state index contributed by atoms with van der Waals surface area (Å²) < 4.78 is 54.0. The van der Waals surface area contributed by atoms with E-state index in [4.69, 9.17) is 11.6 Å². The topological polar surface area (TPSA) is 97.6 Å². The molecule has 0 saturated carbocycles. The number of nitrogens with one attached hydrogen (secondary N) is 2. The molecule has 1 atom stereocenters. The van der Waals surface area contributed by atoms with Crippen LogP contribution in [-0.4, -0.2) is 30.8 Å². The molecule has 0 aliphatic carbocycles. The number of alkyl halides is 3. The zero-order valence-electron chi connectivity index (χ0n) is 14.6. The number of hydrogen-bond donors (Lipinski definition) is 2. The molecule has 1 aromatic carbocycles. The van der Waals surface area contributed by atoms with Crippen LogP contribution in [0.25, 0.3) is 5.95 Å². The normalized spacial score (nSPS) is 12.5. The molecule has 152 valence electrons. The largest absolute Gasteiger partial charge is 0.417 e. The average Bonchev–Trinajstić information content (AvgIpc) is 3.13. The van der Waals surface area contributed by atoms with Crippen LogP contribution in [0, 0.1) is 5.82 Å². The van der Waals surface area contributed by atoms with Crippen molar-refractivity contribution in [2.75, 3.05) is 5.32 Å². The van der Waals surface area contributed by atoms with Crippen LogP contribution in [0.5, 0.6) is 0 Å². The summed E-state index contributed by atoms with van der Waals surface area (Å²) in [5.41, 5.74) is -1.95. The van der Waals surface area contributed by atoms with Crippen molar-refractivity contribution in [2.24, 2.45) is 0 Å². The summed E-state index contributed by atoms with van der Waals surface area (Å²) >= 11 is 5.43. The first kappa shape index (κ1) is 20.5. The van der Waals surface area contributed by atoms with Crippen LogP contribution in [0.4, 0.5) is 28.0 Å². The molecule has 29 heavy (non-hydrogen) atoms. The van der Waals surface area contributed by atoms with Crippen LogP contribution in [-0.2, 0) is 6.18 Å². The number of rotatable bonds is 4. The van der Waals surface area contributed by atoms with Gasteiger partial charge >= 0.3 is 12.2 Å². The zero-order valence-corrected chi connectivity index (χ0v) is 15.3. The van der Waals surface area contributed by atoms with Gasteiger partial charge in [0.25, 0.3) is 5.95 Å². The van der Waals surface area contributed by atoms with E-state index in [1.165, 1.54) is 23.4 Å². The van der Waals surface area contributed by atoms with Gasteiger partial charge in [0.2, 0.25) is 0 Å². The highest BCUT2D eigenvalue weighted by atomic mass is 35.5. The van der Waals surface area contributed by atoms with Crippen molar-refractivity contribution in [1.82, 2.24) is 30.0 Å². The Morgan fingerprint density at radius 2 is 1.90 bits per heavy atom. The van der Waals surface area contributed by atoms with Crippen LogP contribution >= 0.6 is 11.6 Å². The molecule has 3 rings (SSSR count). The fourth-order valence-electron chi connectivity index (χ4n) is 2.38. The summed E-state index contributed by atoms with van der Waals surface area (Å²) in [4.78, 5) is 24.2. The lowest BCUT2D eigenvalue weighted by molar-refractivity contribution is -0.137. The van der Waals surface area contributed by atoms with Crippen LogP contribution in [0.2, 0.25) is 5.02 Å². The SMILES string of the molecule is C[C@H](NC(=O)Nc1cc(C(F)(F)F)c(Cl)cc1F)c1ncnn1-c1ncccn1. The number of aromatic nitrogens is 5. The minimum absolute atomic E-state index is 0.202. The first-order valence-corrected chi connectivity index (χ1v) is 8.35. The number of urea groups is 1. The van der Waals surface area contributed by atoms with Crippen molar-refractivity contribution >= 4 is 23.3 Å². The number of carbonyl (C=O) groups is 1. The number of amides is 2. The highest BCUT2D eigenvalue weighted by Crippen LogP contribution is 2.37. The number of carbonyl (C=O) groups excluding carboxylic acids is 1. The molecule has 0 fully saturated rings. The van der Waals surface area contributed by atoms with Gasteiger partial charge in [-0.25, -0.2) is 24.1 Å². The molecule has 0 radical (unpaired) electrons. The maximum absolute atomic E-state index is 13.9. The molecule has 0 aliphatic heterocycles. The molecule has 2 heterocycles. The number of benzene rings is 1. The van der Waals surface area contributed by atoms with Gasteiger partial charge in [0.05, 0.1) is 22.3 Å². The average molecular weight is 430 g/mol. The first-order chi connectivity index (χ1) is 13.7. The standard InChI is InChI=1S/C16H12ClF4N7O/c1-8(13-24-7-25-28(13)14-22-3-2-4-23-14)26-15(29)27-12-5-9(16(19,20)21)10(17)6-11(12)18/h2-8H,1H3,(H2,26,27,29)/t8-/m0/s1. The Morgan fingerprint density at radius 1 is 1.21 bits per heavy atom. The smallest absolute Gasteiger partial charge is 0.328 e. The van der Waals surface area contributed by atoms with E-state index in [2.05, 4.69) is 25.4 Å². The monoisotopic (exact) mass is 429 g/mol. The summed E-state index contributed by atoms with van der Waals surface area (Å²) in [5.74, 6) is -0.668. The van der Waals surface area contributed by atoms with Crippen molar-refractivity contribution in [3.63, 3.8) is 0 Å². The summed E-state index contributed by atoms with van der Waals surface area (Å²) in [5, 5.41) is 7.62. The van der Waals surface area contributed by atoms with Crippen molar-refractivity contribution in [2.45, 2.75) is 19.1 Å². The van der Waals surface area contributed by atoms with Gasteiger partial charge in [-0.2, -0.15) is 23.0 Å². The van der Waals surface area contributed by atoms with E-state index in [0.717, 1.165) is 0 Å². The predicted octanol–water partition coefficient (Wildman–Crippen LogP) is 3.75. The molecule has 3 aromatic rings. The number of anilines is 1. The van der Waals surface area contributed by atoms with E-state index in [-0.39, 0.29) is 11.8 Å². The lowest BCUT2D eigenvalue weighted by Crippen LogP contribution is -2.33. The quantitative estimate of drug-likeness (QED) is 0.615. The van der Waals surface area contributed by atoms with Gasteiger partial charge in [0.15, 0.2) is 5.82 Å². The Balaban J connectivity index is 1.77. The third-order valence-electron chi connectivity index (χ3n) is 3.66. The van der Waals surface area contributed by atoms with E-state index in [1.807, 2.05) is 5.32 Å². The minimum Gasteiger partial charge on any atom is -0.328 e. The van der Waals surface area contributed by atoms with Gasteiger partial charge in [-0.15, -0.1) is 0 Å². The van der Waals surface area contributed by atoms with Crippen LogP contribution in [0.1, 0.15) is 24.4 Å². The molecule has 2 amide bonds. The molecule has 0 spiro atoms. The summed E-state index contributed by atoms with van der Waals surface area (Å²) in [6.45, 7) is 1.54. The van der Waals surface area contributed by atoms with Crippen LogP contribution < -0.4 is 10.6 Å². The maximum atomic E-state index is 13.9. The molecule has 0 unspecified atom stereocenters. The fourth-order valence-corrected chi connectivity index (χ4v) is 2.64. The lowest BCUT2D eigenvalue weighted by Gasteiger charge is -2.16. The molecule has 2 N–H and O–H groups in total. The van der Waals surface area contributed by atoms with Gasteiger partial charge in [-0.1, -0.05) is 11.6 Å². The van der Waals surface area contributed by atoms with Crippen molar-refractivity contribution in [3.8, 4) is 5.95 Å². The van der Waals surface area contributed by atoms with Gasteiger partial charge in [-0.3, -0.25) is 0 Å². The van der Waals surface area contributed by atoms with E-state index in [9.17, 15) is 22.4 Å². The second-order valence-electron chi connectivity index (χ2n) is 5.71.